The van der Waals surface area contributed by atoms with Gasteiger partial charge in [-0.3, -0.25) is 4.72 Å². The lowest BCUT2D eigenvalue weighted by molar-refractivity contribution is 0.111. The minimum Gasteiger partial charge on any atom is -0.493 e. The third-order valence-electron chi connectivity index (χ3n) is 5.88. The first-order valence-electron chi connectivity index (χ1n) is 11.0. The maximum atomic E-state index is 13.8. The molecule has 2 N–H and O–H groups in total. The average Bonchev–Trinajstić information content (AvgIpc) is 3.27. The molecule has 0 radical (unpaired) electrons. The maximum absolute atomic E-state index is 13.8. The zero-order valence-electron chi connectivity index (χ0n) is 19.8. The molecule has 1 heterocycles. The summed E-state index contributed by atoms with van der Waals surface area (Å²) in [4.78, 5) is -0.118. The van der Waals surface area contributed by atoms with Crippen molar-refractivity contribution in [2.24, 2.45) is 0 Å². The van der Waals surface area contributed by atoms with E-state index < -0.39 is 21.4 Å². The monoisotopic (exact) mass is 554 g/mol. The molecule has 0 bridgehead atoms. The van der Waals surface area contributed by atoms with Gasteiger partial charge in [-0.15, -0.1) is 0 Å². The van der Waals surface area contributed by atoms with Gasteiger partial charge in [-0.1, -0.05) is 29.3 Å². The Morgan fingerprint density at radius 2 is 1.69 bits per heavy atom. The number of benzene rings is 3. The van der Waals surface area contributed by atoms with Crippen LogP contribution in [0, 0.1) is 5.82 Å². The normalized spacial score (nSPS) is 17.6. The Kier molecular flexibility index (Phi) is 7.56. The topological polar surface area (TPSA) is 85.9 Å². The number of sulfonamides is 1. The molecule has 0 amide bonds. The van der Waals surface area contributed by atoms with E-state index >= 15 is 0 Å². The average molecular weight is 555 g/mol. The summed E-state index contributed by atoms with van der Waals surface area (Å²) in [7, 11) is -1.35. The molecule has 7 nitrogen and oxygen atoms in total. The number of hydrogen-bond donors (Lipinski definition) is 2. The summed E-state index contributed by atoms with van der Waals surface area (Å²) in [6.07, 6.45) is 0.786. The Bertz CT molecular complexity index is 1400. The van der Waals surface area contributed by atoms with Crippen LogP contribution in [0.2, 0.25) is 10.0 Å². The molecular weight excluding hydrogens is 530 g/mol. The van der Waals surface area contributed by atoms with Gasteiger partial charge in [0.2, 0.25) is 0 Å². The largest absolute Gasteiger partial charge is 0.493 e. The lowest BCUT2D eigenvalue weighted by Gasteiger charge is -2.26. The van der Waals surface area contributed by atoms with Gasteiger partial charge in [0.25, 0.3) is 10.0 Å². The molecule has 0 saturated carbocycles. The first-order valence-corrected chi connectivity index (χ1v) is 13.2. The van der Waals surface area contributed by atoms with Gasteiger partial charge in [-0.05, 0) is 49.4 Å². The smallest absolute Gasteiger partial charge is 0.262 e. The van der Waals surface area contributed by atoms with Crippen LogP contribution in [0.3, 0.4) is 0 Å². The van der Waals surface area contributed by atoms with Crippen LogP contribution in [0.25, 0.3) is 11.1 Å². The number of ether oxygens (including phenoxy) is 3. The molecular formula is C25H25Cl2FN2O5S. The fourth-order valence-electron chi connectivity index (χ4n) is 3.97. The van der Waals surface area contributed by atoms with Gasteiger partial charge in [0.1, 0.15) is 17.2 Å². The van der Waals surface area contributed by atoms with E-state index in [0.29, 0.717) is 28.6 Å². The van der Waals surface area contributed by atoms with Crippen molar-refractivity contribution < 1.29 is 27.0 Å². The Morgan fingerprint density at radius 1 is 0.972 bits per heavy atom. The first kappa shape index (κ1) is 26.3. The van der Waals surface area contributed by atoms with Crippen LogP contribution < -0.4 is 24.2 Å². The molecule has 192 valence electrons. The number of rotatable bonds is 8. The predicted molar refractivity (Wildman–Crippen MR) is 139 cm³/mol. The molecule has 0 spiro atoms. The van der Waals surface area contributed by atoms with Gasteiger partial charge in [0, 0.05) is 30.7 Å². The van der Waals surface area contributed by atoms with Crippen molar-refractivity contribution in [2.75, 3.05) is 32.0 Å². The van der Waals surface area contributed by atoms with Gasteiger partial charge in [0.15, 0.2) is 11.5 Å². The highest BCUT2D eigenvalue weighted by Gasteiger charge is 2.31. The molecule has 0 aliphatic carbocycles. The minimum absolute atomic E-state index is 0.118. The zero-order chi connectivity index (χ0) is 26.1. The summed E-state index contributed by atoms with van der Waals surface area (Å²) >= 11 is 12.3. The lowest BCUT2D eigenvalue weighted by Crippen LogP contribution is -2.34. The predicted octanol–water partition coefficient (Wildman–Crippen LogP) is 5.75. The standard InChI is InChI=1S/C25H25Cl2FN2O5S/c1-25(8-9-29-14-25)35-21-11-16(5-6-18(21)26)30-36(31,32)24-13-23(34-3)22(33-2)12-17(24)15-4-7-20(28)19(27)10-15/h4-7,10-13,29-30H,8-9,14H2,1-3H3/t25-/m1/s1. The van der Waals surface area contributed by atoms with Gasteiger partial charge >= 0.3 is 0 Å². The van der Waals surface area contributed by atoms with Gasteiger partial charge in [-0.25, -0.2) is 12.8 Å². The molecule has 11 heteroatoms. The van der Waals surface area contributed by atoms with Crippen LogP contribution >= 0.6 is 23.2 Å². The van der Waals surface area contributed by atoms with E-state index in [4.69, 9.17) is 37.4 Å². The van der Waals surface area contributed by atoms with Gasteiger partial charge < -0.3 is 19.5 Å². The molecule has 1 atom stereocenters. The summed E-state index contributed by atoms with van der Waals surface area (Å²) < 4.78 is 60.4. The van der Waals surface area contributed by atoms with Crippen molar-refractivity contribution in [1.29, 1.82) is 0 Å². The van der Waals surface area contributed by atoms with E-state index in [1.807, 2.05) is 6.92 Å². The van der Waals surface area contributed by atoms with E-state index in [-0.39, 0.29) is 26.9 Å². The van der Waals surface area contributed by atoms with E-state index in [1.165, 1.54) is 50.6 Å². The second-order valence-electron chi connectivity index (χ2n) is 8.56. The van der Waals surface area contributed by atoms with Crippen molar-refractivity contribution in [2.45, 2.75) is 23.8 Å². The molecule has 3 aromatic rings. The Balaban J connectivity index is 1.76. The summed E-state index contributed by atoms with van der Waals surface area (Å²) in [6, 6.07) is 11.4. The summed E-state index contributed by atoms with van der Waals surface area (Å²) in [5.41, 5.74) is 0.419. The molecule has 1 fully saturated rings. The van der Waals surface area contributed by atoms with E-state index in [1.54, 1.807) is 12.1 Å². The Morgan fingerprint density at radius 3 is 2.33 bits per heavy atom. The summed E-state index contributed by atoms with van der Waals surface area (Å²) in [5, 5.41) is 3.46. The molecule has 0 unspecified atom stereocenters. The lowest BCUT2D eigenvalue weighted by atomic mass is 10.0. The van der Waals surface area contributed by atoms with E-state index in [2.05, 4.69) is 10.0 Å². The van der Waals surface area contributed by atoms with Crippen LogP contribution in [-0.2, 0) is 10.0 Å². The summed E-state index contributed by atoms with van der Waals surface area (Å²) in [6.45, 7) is 3.42. The molecule has 3 aromatic carbocycles. The van der Waals surface area contributed by atoms with Crippen molar-refractivity contribution in [3.63, 3.8) is 0 Å². The second kappa shape index (κ2) is 10.3. The van der Waals surface area contributed by atoms with Crippen molar-refractivity contribution >= 4 is 38.9 Å². The number of halogens is 3. The Labute approximate surface area is 219 Å². The van der Waals surface area contributed by atoms with E-state index in [9.17, 15) is 12.8 Å². The third-order valence-corrected chi connectivity index (χ3v) is 7.90. The van der Waals surface area contributed by atoms with Crippen LogP contribution in [0.5, 0.6) is 17.2 Å². The third kappa shape index (κ3) is 5.49. The van der Waals surface area contributed by atoms with Crippen LogP contribution in [0.4, 0.5) is 10.1 Å². The molecule has 4 rings (SSSR count). The van der Waals surface area contributed by atoms with Crippen molar-refractivity contribution in [3.8, 4) is 28.4 Å². The molecule has 1 saturated heterocycles. The molecule has 1 aliphatic heterocycles. The highest BCUT2D eigenvalue weighted by atomic mass is 35.5. The maximum Gasteiger partial charge on any atom is 0.262 e. The number of anilines is 1. The highest BCUT2D eigenvalue weighted by molar-refractivity contribution is 7.92. The van der Waals surface area contributed by atoms with Crippen molar-refractivity contribution in [3.05, 3.63) is 64.4 Å². The van der Waals surface area contributed by atoms with Gasteiger partial charge in [-0.2, -0.15) is 0 Å². The number of hydrogen-bond acceptors (Lipinski definition) is 6. The fraction of sp³-hybridized carbons (Fsp3) is 0.280. The molecule has 36 heavy (non-hydrogen) atoms. The van der Waals surface area contributed by atoms with Crippen molar-refractivity contribution in [1.82, 2.24) is 5.32 Å². The van der Waals surface area contributed by atoms with E-state index in [0.717, 1.165) is 13.0 Å². The van der Waals surface area contributed by atoms with Crippen LogP contribution in [-0.4, -0.2) is 41.3 Å². The molecule has 1 aliphatic rings. The fourth-order valence-corrected chi connectivity index (χ4v) is 5.59. The van der Waals surface area contributed by atoms with Crippen LogP contribution in [0.1, 0.15) is 13.3 Å². The first-order chi connectivity index (χ1) is 17.0. The highest BCUT2D eigenvalue weighted by Crippen LogP contribution is 2.40. The SMILES string of the molecule is COc1cc(-c2ccc(F)c(Cl)c2)c(S(=O)(=O)Nc2ccc(Cl)c(O[C@]3(C)CCNC3)c2)cc1OC. The molecule has 0 aromatic heterocycles. The number of methoxy groups -OCH3 is 2. The Hall–Kier alpha value is -2.72. The summed E-state index contributed by atoms with van der Waals surface area (Å²) in [5.74, 6) is 0.244. The quantitative estimate of drug-likeness (QED) is 0.368. The minimum atomic E-state index is -4.18. The zero-order valence-corrected chi connectivity index (χ0v) is 22.2. The van der Waals surface area contributed by atoms with Crippen LogP contribution in [0.15, 0.2) is 53.4 Å². The second-order valence-corrected chi connectivity index (χ2v) is 11.0. The van der Waals surface area contributed by atoms with Gasteiger partial charge in [0.05, 0.1) is 34.8 Å². The number of nitrogens with one attached hydrogen (secondary N) is 2.